The van der Waals surface area contributed by atoms with Crippen LogP contribution in [-0.2, 0) is 0 Å². The lowest BCUT2D eigenvalue weighted by Gasteiger charge is -2.15. The standard InChI is InChI=1S/C26H24N4O3/c1-16(29-26(33)20-10-8-19(9-11-20)18-6-4-3-5-7-18)14-28-23-13-12-22-24(30-23)25(32)21(15-27-22)17(2)31/h3-13,15-16H,14H2,1-2H3,(H,27,32)(H,28,30)(H,29,33)/t16-/m0/s1. The van der Waals surface area contributed by atoms with Gasteiger partial charge in [-0.15, -0.1) is 0 Å². The molecule has 0 fully saturated rings. The van der Waals surface area contributed by atoms with E-state index in [0.29, 0.717) is 23.4 Å². The molecule has 0 spiro atoms. The number of hydrogen-bond acceptors (Lipinski definition) is 5. The topological polar surface area (TPSA) is 104 Å². The average Bonchev–Trinajstić information content (AvgIpc) is 2.83. The lowest BCUT2D eigenvalue weighted by Crippen LogP contribution is -2.37. The van der Waals surface area contributed by atoms with Crippen molar-refractivity contribution in [3.05, 3.63) is 94.3 Å². The number of pyridine rings is 2. The number of carbonyl (C=O) groups is 2. The Bertz CT molecular complexity index is 1360. The van der Waals surface area contributed by atoms with E-state index in [4.69, 9.17) is 0 Å². The van der Waals surface area contributed by atoms with E-state index in [1.807, 2.05) is 61.5 Å². The van der Waals surface area contributed by atoms with Crippen LogP contribution in [0.25, 0.3) is 22.2 Å². The van der Waals surface area contributed by atoms with Gasteiger partial charge < -0.3 is 15.6 Å². The fourth-order valence-corrected chi connectivity index (χ4v) is 3.51. The van der Waals surface area contributed by atoms with Crippen molar-refractivity contribution in [2.24, 2.45) is 0 Å². The van der Waals surface area contributed by atoms with Gasteiger partial charge in [0.2, 0.25) is 5.43 Å². The van der Waals surface area contributed by atoms with Crippen molar-refractivity contribution in [1.29, 1.82) is 0 Å². The van der Waals surface area contributed by atoms with Crippen LogP contribution in [0.2, 0.25) is 0 Å². The number of benzene rings is 2. The number of amides is 1. The molecule has 2 aromatic carbocycles. The summed E-state index contributed by atoms with van der Waals surface area (Å²) in [7, 11) is 0. The van der Waals surface area contributed by atoms with E-state index in [2.05, 4.69) is 20.6 Å². The molecule has 0 aliphatic heterocycles. The quantitative estimate of drug-likeness (QED) is 0.377. The van der Waals surface area contributed by atoms with Gasteiger partial charge >= 0.3 is 0 Å². The molecule has 3 N–H and O–H groups in total. The van der Waals surface area contributed by atoms with E-state index in [1.165, 1.54) is 13.1 Å². The van der Waals surface area contributed by atoms with Gasteiger partial charge in [0.15, 0.2) is 5.78 Å². The number of Topliss-reactive ketones (excluding diaryl/α,β-unsaturated/α-hetero) is 1. The molecule has 0 aliphatic carbocycles. The van der Waals surface area contributed by atoms with Crippen molar-refractivity contribution < 1.29 is 9.59 Å². The fraction of sp³-hybridized carbons (Fsp3) is 0.154. The van der Waals surface area contributed by atoms with Gasteiger partial charge in [-0.1, -0.05) is 42.5 Å². The second kappa shape index (κ2) is 9.48. The molecule has 7 nitrogen and oxygen atoms in total. The first kappa shape index (κ1) is 22.0. The largest absolute Gasteiger partial charge is 0.368 e. The Kier molecular flexibility index (Phi) is 6.31. The third-order valence-electron chi connectivity index (χ3n) is 5.33. The van der Waals surface area contributed by atoms with Crippen LogP contribution in [-0.4, -0.2) is 34.2 Å². The molecule has 33 heavy (non-hydrogen) atoms. The molecule has 166 valence electrons. The number of aromatic nitrogens is 2. The van der Waals surface area contributed by atoms with Crippen molar-refractivity contribution in [3.63, 3.8) is 0 Å². The van der Waals surface area contributed by atoms with Crippen LogP contribution in [0.1, 0.15) is 34.6 Å². The lowest BCUT2D eigenvalue weighted by molar-refractivity contribution is 0.0941. The zero-order valence-electron chi connectivity index (χ0n) is 18.4. The second-order valence-electron chi connectivity index (χ2n) is 7.88. The van der Waals surface area contributed by atoms with E-state index in [-0.39, 0.29) is 28.8 Å². The average molecular weight is 441 g/mol. The molecule has 0 bridgehead atoms. The molecule has 0 unspecified atom stereocenters. The number of hydrogen-bond donors (Lipinski definition) is 3. The van der Waals surface area contributed by atoms with E-state index in [0.717, 1.165) is 11.1 Å². The molecule has 1 amide bonds. The zero-order chi connectivity index (χ0) is 23.4. The molecule has 0 saturated carbocycles. The highest BCUT2D eigenvalue weighted by atomic mass is 16.2. The van der Waals surface area contributed by atoms with Crippen molar-refractivity contribution in [1.82, 2.24) is 15.3 Å². The maximum absolute atomic E-state index is 12.6. The summed E-state index contributed by atoms with van der Waals surface area (Å²) in [6, 6.07) is 20.7. The molecule has 0 saturated heterocycles. The summed E-state index contributed by atoms with van der Waals surface area (Å²) in [5.74, 6) is 0.00592. The minimum absolute atomic E-state index is 0.0751. The number of H-pyrrole nitrogens is 1. The van der Waals surface area contributed by atoms with Crippen LogP contribution in [0.3, 0.4) is 0 Å². The van der Waals surface area contributed by atoms with Crippen molar-refractivity contribution in [3.8, 4) is 11.1 Å². The van der Waals surface area contributed by atoms with Crippen molar-refractivity contribution in [2.45, 2.75) is 19.9 Å². The zero-order valence-corrected chi connectivity index (χ0v) is 18.4. The molecule has 0 radical (unpaired) electrons. The number of nitrogens with one attached hydrogen (secondary N) is 3. The van der Waals surface area contributed by atoms with Crippen LogP contribution in [0, 0.1) is 0 Å². The van der Waals surface area contributed by atoms with Gasteiger partial charge in [0.05, 0.1) is 11.1 Å². The summed E-state index contributed by atoms with van der Waals surface area (Å²) in [4.78, 5) is 44.0. The Morgan fingerprint density at radius 2 is 1.67 bits per heavy atom. The fourth-order valence-electron chi connectivity index (χ4n) is 3.51. The van der Waals surface area contributed by atoms with Crippen molar-refractivity contribution >= 4 is 28.5 Å². The molecule has 0 aliphatic rings. The van der Waals surface area contributed by atoms with Gasteiger partial charge in [-0.05, 0) is 49.2 Å². The first-order chi connectivity index (χ1) is 15.9. The summed E-state index contributed by atoms with van der Waals surface area (Å²) >= 11 is 0. The number of fused-ring (bicyclic) bond motifs is 1. The van der Waals surface area contributed by atoms with E-state index in [1.54, 1.807) is 12.1 Å². The van der Waals surface area contributed by atoms with E-state index >= 15 is 0 Å². The Labute approximate surface area is 190 Å². The van der Waals surface area contributed by atoms with E-state index < -0.39 is 5.43 Å². The number of nitrogens with zero attached hydrogens (tertiary/aromatic N) is 1. The number of carbonyl (C=O) groups excluding carboxylic acids is 2. The Hall–Kier alpha value is -4.26. The predicted octanol–water partition coefficient (Wildman–Crippen LogP) is 4.02. The van der Waals surface area contributed by atoms with Gasteiger partial charge in [0.25, 0.3) is 5.91 Å². The van der Waals surface area contributed by atoms with Gasteiger partial charge in [0.1, 0.15) is 11.3 Å². The smallest absolute Gasteiger partial charge is 0.251 e. The van der Waals surface area contributed by atoms with Crippen LogP contribution in [0.5, 0.6) is 0 Å². The highest BCUT2D eigenvalue weighted by Gasteiger charge is 2.13. The number of aromatic amines is 1. The number of ketones is 1. The molecule has 7 heteroatoms. The Morgan fingerprint density at radius 3 is 2.36 bits per heavy atom. The summed E-state index contributed by atoms with van der Waals surface area (Å²) in [5, 5.41) is 6.09. The van der Waals surface area contributed by atoms with Crippen LogP contribution < -0.4 is 16.1 Å². The van der Waals surface area contributed by atoms with Crippen molar-refractivity contribution in [2.75, 3.05) is 11.9 Å². The molecule has 4 rings (SSSR count). The number of rotatable bonds is 7. The molecule has 2 aromatic heterocycles. The first-order valence-electron chi connectivity index (χ1n) is 10.7. The van der Waals surface area contributed by atoms with Gasteiger partial charge in [-0.2, -0.15) is 0 Å². The SMILES string of the molecule is CC(=O)c1c[nH]c2ccc(NC[C@H](C)NC(=O)c3ccc(-c4ccccc4)cc3)nc2c1=O. The minimum Gasteiger partial charge on any atom is -0.368 e. The highest BCUT2D eigenvalue weighted by molar-refractivity contribution is 5.96. The normalized spacial score (nSPS) is 11.7. The Balaban J connectivity index is 1.39. The summed E-state index contributed by atoms with van der Waals surface area (Å²) < 4.78 is 0. The molecular formula is C26H24N4O3. The third-order valence-corrected chi connectivity index (χ3v) is 5.33. The van der Waals surface area contributed by atoms with Crippen LogP contribution in [0.15, 0.2) is 77.7 Å². The maximum Gasteiger partial charge on any atom is 0.251 e. The molecule has 1 atom stereocenters. The number of anilines is 1. The van der Waals surface area contributed by atoms with Gasteiger partial charge in [-0.3, -0.25) is 14.4 Å². The third kappa shape index (κ3) is 4.98. The summed E-state index contributed by atoms with van der Waals surface area (Å²) in [6.45, 7) is 3.64. The molecular weight excluding hydrogens is 416 g/mol. The second-order valence-corrected chi connectivity index (χ2v) is 7.88. The monoisotopic (exact) mass is 440 g/mol. The lowest BCUT2D eigenvalue weighted by atomic mass is 10.0. The maximum atomic E-state index is 12.6. The minimum atomic E-state index is -0.403. The van der Waals surface area contributed by atoms with E-state index in [9.17, 15) is 14.4 Å². The first-order valence-corrected chi connectivity index (χ1v) is 10.7. The summed E-state index contributed by atoms with van der Waals surface area (Å²) in [5.41, 5.74) is 3.14. The highest BCUT2D eigenvalue weighted by Crippen LogP contribution is 2.19. The predicted molar refractivity (Wildman–Crippen MR) is 130 cm³/mol. The summed E-state index contributed by atoms with van der Waals surface area (Å²) in [6.07, 6.45) is 1.41. The van der Waals surface area contributed by atoms with Gasteiger partial charge in [0, 0.05) is 24.3 Å². The van der Waals surface area contributed by atoms with Gasteiger partial charge in [-0.25, -0.2) is 4.98 Å². The molecule has 2 heterocycles. The Morgan fingerprint density at radius 1 is 0.970 bits per heavy atom. The molecule has 4 aromatic rings. The van der Waals surface area contributed by atoms with Crippen LogP contribution in [0.4, 0.5) is 5.82 Å². The van der Waals surface area contributed by atoms with Crippen LogP contribution >= 0.6 is 0 Å².